The van der Waals surface area contributed by atoms with Crippen LogP contribution in [0.1, 0.15) is 0 Å². The molecule has 0 unspecified atom stereocenters. The SMILES string of the molecule is CN(C)C=O.C[O-].[Na+]. The van der Waals surface area contributed by atoms with Crippen LogP contribution in [0.4, 0.5) is 0 Å². The van der Waals surface area contributed by atoms with Gasteiger partial charge in [-0.1, -0.05) is 0 Å². The molecule has 44 valence electrons. The summed E-state index contributed by atoms with van der Waals surface area (Å²) in [5.74, 6) is 0. The van der Waals surface area contributed by atoms with Crippen LogP contribution < -0.4 is 34.7 Å². The van der Waals surface area contributed by atoms with Crippen molar-refractivity contribution in [3.63, 3.8) is 0 Å². The molecule has 0 saturated heterocycles. The molecule has 0 rings (SSSR count). The van der Waals surface area contributed by atoms with Crippen LogP contribution in [0.2, 0.25) is 0 Å². The molecule has 0 fully saturated rings. The molecule has 0 N–H and O–H groups in total. The smallest absolute Gasteiger partial charge is 0.857 e. The van der Waals surface area contributed by atoms with Crippen molar-refractivity contribution in [2.75, 3.05) is 21.2 Å². The van der Waals surface area contributed by atoms with Crippen LogP contribution in [0.5, 0.6) is 0 Å². The van der Waals surface area contributed by atoms with E-state index in [9.17, 15) is 4.79 Å². The zero-order valence-electron chi connectivity index (χ0n) is 5.84. The fourth-order valence-electron chi connectivity index (χ4n) is 0. The first-order valence-corrected chi connectivity index (χ1v) is 1.80. The van der Waals surface area contributed by atoms with Gasteiger partial charge in [-0.15, -0.1) is 0 Å². The summed E-state index contributed by atoms with van der Waals surface area (Å²) in [6, 6.07) is 0. The molecular formula is C4H10NNaO2. The molecule has 8 heavy (non-hydrogen) atoms. The first-order valence-electron chi connectivity index (χ1n) is 1.80. The van der Waals surface area contributed by atoms with E-state index in [1.54, 1.807) is 14.1 Å². The Morgan fingerprint density at radius 1 is 1.38 bits per heavy atom. The van der Waals surface area contributed by atoms with Gasteiger partial charge in [-0.05, 0) is 0 Å². The number of amides is 1. The molecule has 0 bridgehead atoms. The van der Waals surface area contributed by atoms with E-state index in [-0.39, 0.29) is 29.6 Å². The molecule has 3 nitrogen and oxygen atoms in total. The molecule has 0 saturated carbocycles. The van der Waals surface area contributed by atoms with Gasteiger partial charge < -0.3 is 10.0 Å². The summed E-state index contributed by atoms with van der Waals surface area (Å²) in [5.41, 5.74) is 0. The van der Waals surface area contributed by atoms with Crippen LogP contribution in [0.25, 0.3) is 0 Å². The molecule has 0 aliphatic carbocycles. The van der Waals surface area contributed by atoms with E-state index in [1.165, 1.54) is 4.90 Å². The number of nitrogens with zero attached hydrogens (tertiary/aromatic N) is 1. The summed E-state index contributed by atoms with van der Waals surface area (Å²) in [4.78, 5) is 10.9. The first-order chi connectivity index (χ1) is 3.27. The van der Waals surface area contributed by atoms with E-state index in [4.69, 9.17) is 5.11 Å². The number of hydrogen-bond acceptors (Lipinski definition) is 2. The molecule has 0 aromatic carbocycles. The standard InChI is InChI=1S/C3H7NO.CH3O.Na/c1-4(2)3-5;1-2;/h3H,1-2H3;1H3;/q;-1;+1. The zero-order chi connectivity index (χ0) is 6.28. The van der Waals surface area contributed by atoms with Crippen LogP contribution in [-0.4, -0.2) is 32.5 Å². The number of hydrogen-bond donors (Lipinski definition) is 0. The van der Waals surface area contributed by atoms with Crippen molar-refractivity contribution in [2.45, 2.75) is 0 Å². The maximum Gasteiger partial charge on any atom is 1.00 e. The summed E-state index contributed by atoms with van der Waals surface area (Å²) in [7, 11) is 4.12. The van der Waals surface area contributed by atoms with Gasteiger partial charge in [0.25, 0.3) is 0 Å². The second-order valence-electron chi connectivity index (χ2n) is 1.07. The van der Waals surface area contributed by atoms with Crippen LogP contribution in [0, 0.1) is 0 Å². The predicted molar refractivity (Wildman–Crippen MR) is 25.7 cm³/mol. The largest absolute Gasteiger partial charge is 1.00 e. The van der Waals surface area contributed by atoms with Gasteiger partial charge in [-0.2, -0.15) is 7.11 Å². The maximum atomic E-state index is 9.43. The Bertz CT molecular complexity index is 41.0. The van der Waals surface area contributed by atoms with E-state index in [1.807, 2.05) is 0 Å². The van der Waals surface area contributed by atoms with E-state index >= 15 is 0 Å². The Balaban J connectivity index is -0.0000000750. The third-order valence-electron chi connectivity index (χ3n) is 0.211. The summed E-state index contributed by atoms with van der Waals surface area (Å²) < 4.78 is 0. The summed E-state index contributed by atoms with van der Waals surface area (Å²) in [6.45, 7) is 0. The fourth-order valence-corrected chi connectivity index (χ4v) is 0. The molecule has 0 spiro atoms. The minimum atomic E-state index is 0. The van der Waals surface area contributed by atoms with Gasteiger partial charge in [-0.3, -0.25) is 4.79 Å². The molecule has 0 aromatic heterocycles. The van der Waals surface area contributed by atoms with E-state index < -0.39 is 0 Å². The average molecular weight is 127 g/mol. The topological polar surface area (TPSA) is 43.4 Å². The predicted octanol–water partition coefficient (Wildman–Crippen LogP) is -4.32. The fraction of sp³-hybridized carbons (Fsp3) is 0.750. The molecule has 0 radical (unpaired) electrons. The van der Waals surface area contributed by atoms with Gasteiger partial charge in [0.2, 0.25) is 6.41 Å². The van der Waals surface area contributed by atoms with Crippen LogP contribution in [0.3, 0.4) is 0 Å². The molecular weight excluding hydrogens is 117 g/mol. The van der Waals surface area contributed by atoms with Gasteiger partial charge in [0.15, 0.2) is 0 Å². The molecule has 0 aliphatic heterocycles. The van der Waals surface area contributed by atoms with Crippen LogP contribution in [0.15, 0.2) is 0 Å². The Kier molecular flexibility index (Phi) is 30.9. The molecule has 1 amide bonds. The third-order valence-corrected chi connectivity index (χ3v) is 0.211. The minimum Gasteiger partial charge on any atom is -0.857 e. The Hall–Kier alpha value is 0.430. The van der Waals surface area contributed by atoms with E-state index in [2.05, 4.69) is 0 Å². The number of carbonyl (C=O) groups is 1. The van der Waals surface area contributed by atoms with Gasteiger partial charge in [0.1, 0.15) is 0 Å². The molecule has 0 aromatic rings. The maximum absolute atomic E-state index is 9.43. The van der Waals surface area contributed by atoms with Gasteiger partial charge >= 0.3 is 29.6 Å². The Morgan fingerprint density at radius 2 is 1.50 bits per heavy atom. The van der Waals surface area contributed by atoms with Crippen molar-refractivity contribution in [2.24, 2.45) is 0 Å². The molecule has 4 heteroatoms. The Labute approximate surface area is 72.0 Å². The number of rotatable bonds is 1. The normalized spacial score (nSPS) is 5.00. The quantitative estimate of drug-likeness (QED) is 0.264. The first kappa shape index (κ1) is 15.8. The van der Waals surface area contributed by atoms with Gasteiger partial charge in [-0.25, -0.2) is 0 Å². The summed E-state index contributed by atoms with van der Waals surface area (Å²) >= 11 is 0. The second kappa shape index (κ2) is 15.7. The van der Waals surface area contributed by atoms with Crippen molar-refractivity contribution < 1.29 is 39.5 Å². The zero-order valence-corrected chi connectivity index (χ0v) is 7.84. The molecule has 0 atom stereocenters. The van der Waals surface area contributed by atoms with Gasteiger partial charge in [0, 0.05) is 14.1 Å². The van der Waals surface area contributed by atoms with E-state index in [0.29, 0.717) is 0 Å². The van der Waals surface area contributed by atoms with Crippen molar-refractivity contribution in [1.82, 2.24) is 4.90 Å². The van der Waals surface area contributed by atoms with Crippen molar-refractivity contribution in [3.8, 4) is 0 Å². The minimum absolute atomic E-state index is 0. The van der Waals surface area contributed by atoms with Crippen molar-refractivity contribution in [1.29, 1.82) is 0 Å². The second-order valence-corrected chi connectivity index (χ2v) is 1.07. The van der Waals surface area contributed by atoms with Crippen molar-refractivity contribution >= 4 is 6.41 Å². The van der Waals surface area contributed by atoms with Crippen molar-refractivity contribution in [3.05, 3.63) is 0 Å². The van der Waals surface area contributed by atoms with E-state index in [0.717, 1.165) is 13.5 Å². The number of carbonyl (C=O) groups excluding carboxylic acids is 1. The summed E-state index contributed by atoms with van der Waals surface area (Å²) in [5, 5.41) is 8.25. The third kappa shape index (κ3) is 32.1. The van der Waals surface area contributed by atoms with Gasteiger partial charge in [0.05, 0.1) is 0 Å². The molecule has 0 aliphatic rings. The van der Waals surface area contributed by atoms with Crippen LogP contribution in [-0.2, 0) is 4.79 Å². The average Bonchev–Trinajstić information content (AvgIpc) is 1.73. The monoisotopic (exact) mass is 127 g/mol. The molecule has 0 heterocycles. The van der Waals surface area contributed by atoms with Crippen LogP contribution >= 0.6 is 0 Å². The summed E-state index contributed by atoms with van der Waals surface area (Å²) in [6.07, 6.45) is 0.750. The Morgan fingerprint density at radius 3 is 1.50 bits per heavy atom.